The van der Waals surface area contributed by atoms with Crippen LogP contribution in [0.3, 0.4) is 0 Å². The van der Waals surface area contributed by atoms with Gasteiger partial charge in [-0.1, -0.05) is 33.3 Å². The first kappa shape index (κ1) is 15.6. The fourth-order valence-electron chi connectivity index (χ4n) is 2.78. The van der Waals surface area contributed by atoms with Gasteiger partial charge in [0.1, 0.15) is 0 Å². The van der Waals surface area contributed by atoms with Crippen LogP contribution in [0.2, 0.25) is 0 Å². The van der Waals surface area contributed by atoms with Crippen molar-refractivity contribution in [3.8, 4) is 0 Å². The molecule has 1 fully saturated rings. The highest BCUT2D eigenvalue weighted by molar-refractivity contribution is 6.18. The number of hydrogen-bond donors (Lipinski definition) is 0. The lowest BCUT2D eigenvalue weighted by molar-refractivity contribution is -0.140. The molecule has 0 bridgehead atoms. The maximum Gasteiger partial charge on any atom is 0.333 e. The monoisotopic (exact) mass is 272 g/mol. The van der Waals surface area contributed by atoms with E-state index >= 15 is 0 Å². The molecule has 1 rings (SSSR count). The summed E-state index contributed by atoms with van der Waals surface area (Å²) >= 11 is 6.18. The van der Waals surface area contributed by atoms with Crippen molar-refractivity contribution in [3.05, 3.63) is 12.2 Å². The minimum absolute atomic E-state index is 0.155. The molecule has 1 aliphatic rings. The Bertz CT molecular complexity index is 326. The summed E-state index contributed by atoms with van der Waals surface area (Å²) in [5.41, 5.74) is 0.786. The van der Waals surface area contributed by atoms with Gasteiger partial charge >= 0.3 is 5.97 Å². The topological polar surface area (TPSA) is 26.3 Å². The van der Waals surface area contributed by atoms with Crippen molar-refractivity contribution < 1.29 is 9.53 Å². The van der Waals surface area contributed by atoms with Gasteiger partial charge in [0.15, 0.2) is 0 Å². The van der Waals surface area contributed by atoms with Crippen LogP contribution in [-0.2, 0) is 9.53 Å². The number of halogens is 1. The predicted octanol–water partition coefficient (Wildman–Crippen LogP) is 4.32. The molecule has 2 nitrogen and oxygen atoms in total. The van der Waals surface area contributed by atoms with Gasteiger partial charge in [0.2, 0.25) is 0 Å². The van der Waals surface area contributed by atoms with Crippen molar-refractivity contribution in [2.45, 2.75) is 52.9 Å². The zero-order valence-corrected chi connectivity index (χ0v) is 12.6. The average molecular weight is 273 g/mol. The molecule has 2 atom stereocenters. The number of rotatable bonds is 5. The van der Waals surface area contributed by atoms with Crippen LogP contribution >= 0.6 is 11.6 Å². The second-order valence-electron chi connectivity index (χ2n) is 6.13. The first-order valence-electron chi connectivity index (χ1n) is 6.73. The minimum atomic E-state index is -0.290. The molecular formula is C15H25ClO2. The van der Waals surface area contributed by atoms with Gasteiger partial charge in [-0.25, -0.2) is 4.79 Å². The van der Waals surface area contributed by atoms with Crippen LogP contribution in [0.1, 0.15) is 52.9 Å². The van der Waals surface area contributed by atoms with Crippen molar-refractivity contribution in [2.75, 3.05) is 12.5 Å². The van der Waals surface area contributed by atoms with E-state index in [0.717, 1.165) is 6.42 Å². The highest BCUT2D eigenvalue weighted by Crippen LogP contribution is 2.53. The van der Waals surface area contributed by atoms with Crippen molar-refractivity contribution in [2.24, 2.45) is 10.8 Å². The lowest BCUT2D eigenvalue weighted by atomic mass is 9.57. The Morgan fingerprint density at radius 3 is 2.33 bits per heavy atom. The number of esters is 1. The van der Waals surface area contributed by atoms with Crippen LogP contribution in [0.4, 0.5) is 0 Å². The molecular weight excluding hydrogens is 248 g/mol. The van der Waals surface area contributed by atoms with Gasteiger partial charge in [-0.3, -0.25) is 0 Å². The summed E-state index contributed by atoms with van der Waals surface area (Å²) in [6.07, 6.45) is 5.72. The molecule has 18 heavy (non-hydrogen) atoms. The molecule has 0 aromatic rings. The first-order chi connectivity index (χ1) is 8.34. The highest BCUT2D eigenvalue weighted by atomic mass is 35.5. The average Bonchev–Trinajstić information content (AvgIpc) is 2.33. The van der Waals surface area contributed by atoms with Gasteiger partial charge in [-0.2, -0.15) is 0 Å². The standard InChI is InChI=1S/C15H25ClO2/c1-12(2)13(17)18-10-9-14(3)7-5-6-8-15(14,4)11-16/h1,5-11H2,2-4H3. The normalized spacial score (nSPS) is 32.0. The minimum Gasteiger partial charge on any atom is -0.462 e. The van der Waals surface area contributed by atoms with Crippen molar-refractivity contribution in [3.63, 3.8) is 0 Å². The maximum atomic E-state index is 11.4. The van der Waals surface area contributed by atoms with Crippen LogP contribution < -0.4 is 0 Å². The van der Waals surface area contributed by atoms with Crippen molar-refractivity contribution in [1.82, 2.24) is 0 Å². The van der Waals surface area contributed by atoms with E-state index in [9.17, 15) is 4.79 Å². The summed E-state index contributed by atoms with van der Waals surface area (Å²) in [6.45, 7) is 10.3. The molecule has 104 valence electrons. The largest absolute Gasteiger partial charge is 0.462 e. The Kier molecular flexibility index (Phi) is 5.27. The fraction of sp³-hybridized carbons (Fsp3) is 0.800. The summed E-state index contributed by atoms with van der Waals surface area (Å²) in [6, 6.07) is 0. The van der Waals surface area contributed by atoms with E-state index in [2.05, 4.69) is 20.4 Å². The quantitative estimate of drug-likeness (QED) is 0.423. The van der Waals surface area contributed by atoms with E-state index in [-0.39, 0.29) is 16.8 Å². The molecule has 0 aromatic heterocycles. The summed E-state index contributed by atoms with van der Waals surface area (Å²) in [5.74, 6) is 0.389. The van der Waals surface area contributed by atoms with Crippen LogP contribution in [-0.4, -0.2) is 18.5 Å². The third kappa shape index (κ3) is 3.28. The predicted molar refractivity (Wildman–Crippen MR) is 75.8 cm³/mol. The molecule has 0 radical (unpaired) electrons. The van der Waals surface area contributed by atoms with Crippen LogP contribution in [0.5, 0.6) is 0 Å². The molecule has 0 saturated heterocycles. The summed E-state index contributed by atoms with van der Waals surface area (Å²) < 4.78 is 5.23. The zero-order chi connectivity index (χ0) is 13.8. The van der Waals surface area contributed by atoms with E-state index in [4.69, 9.17) is 16.3 Å². The SMILES string of the molecule is C=C(C)C(=O)OCCC1(C)CCCCC1(C)CCl. The highest BCUT2D eigenvalue weighted by Gasteiger charge is 2.45. The second-order valence-corrected chi connectivity index (χ2v) is 6.40. The molecule has 0 spiro atoms. The van der Waals surface area contributed by atoms with Gasteiger partial charge in [-0.05, 0) is 37.0 Å². The van der Waals surface area contributed by atoms with Crippen LogP contribution in [0, 0.1) is 10.8 Å². The van der Waals surface area contributed by atoms with Gasteiger partial charge in [0.05, 0.1) is 6.61 Å². The Morgan fingerprint density at radius 1 is 1.28 bits per heavy atom. The number of carbonyl (C=O) groups is 1. The molecule has 0 amide bonds. The first-order valence-corrected chi connectivity index (χ1v) is 7.27. The van der Waals surface area contributed by atoms with E-state index in [1.807, 2.05) is 0 Å². The Labute approximate surface area is 116 Å². The van der Waals surface area contributed by atoms with Crippen molar-refractivity contribution in [1.29, 1.82) is 0 Å². The Morgan fingerprint density at radius 2 is 1.83 bits per heavy atom. The molecule has 0 heterocycles. The summed E-state index contributed by atoms with van der Waals surface area (Å²) in [5, 5.41) is 0. The van der Waals surface area contributed by atoms with Gasteiger partial charge in [-0.15, -0.1) is 11.6 Å². The molecule has 0 N–H and O–H groups in total. The summed E-state index contributed by atoms with van der Waals surface area (Å²) in [7, 11) is 0. The molecule has 0 aliphatic heterocycles. The number of carbonyl (C=O) groups excluding carboxylic acids is 1. The Hall–Kier alpha value is -0.500. The number of ether oxygens (including phenoxy) is 1. The maximum absolute atomic E-state index is 11.4. The second kappa shape index (κ2) is 6.10. The summed E-state index contributed by atoms with van der Waals surface area (Å²) in [4.78, 5) is 11.4. The molecule has 0 aromatic carbocycles. The van der Waals surface area contributed by atoms with E-state index in [1.165, 1.54) is 25.7 Å². The van der Waals surface area contributed by atoms with Crippen molar-refractivity contribution >= 4 is 17.6 Å². The van der Waals surface area contributed by atoms with Crippen LogP contribution in [0.25, 0.3) is 0 Å². The molecule has 1 saturated carbocycles. The molecule has 1 aliphatic carbocycles. The Balaban J connectivity index is 2.57. The fourth-order valence-corrected chi connectivity index (χ4v) is 3.24. The third-order valence-corrected chi connectivity index (χ3v) is 5.28. The lowest BCUT2D eigenvalue weighted by Crippen LogP contribution is -2.42. The number of alkyl halides is 1. The van der Waals surface area contributed by atoms with Gasteiger partial charge in [0.25, 0.3) is 0 Å². The van der Waals surface area contributed by atoms with E-state index < -0.39 is 0 Å². The zero-order valence-electron chi connectivity index (χ0n) is 11.9. The molecule has 2 unspecified atom stereocenters. The van der Waals surface area contributed by atoms with Gasteiger partial charge in [0, 0.05) is 11.5 Å². The van der Waals surface area contributed by atoms with E-state index in [1.54, 1.807) is 6.92 Å². The van der Waals surface area contributed by atoms with Gasteiger partial charge < -0.3 is 4.74 Å². The smallest absolute Gasteiger partial charge is 0.333 e. The number of hydrogen-bond acceptors (Lipinski definition) is 2. The lowest BCUT2D eigenvalue weighted by Gasteiger charge is -2.49. The van der Waals surface area contributed by atoms with E-state index in [0.29, 0.717) is 18.1 Å². The van der Waals surface area contributed by atoms with Crippen LogP contribution in [0.15, 0.2) is 12.2 Å². The molecule has 3 heteroatoms. The third-order valence-electron chi connectivity index (χ3n) is 4.69.